The number of amides is 3. The Kier molecular flexibility index (Phi) is 9.04. The molecule has 0 radical (unpaired) electrons. The third kappa shape index (κ3) is 7.54. The molecule has 1 aromatic carbocycles. The average molecular weight is 379 g/mol. The van der Waals surface area contributed by atoms with Gasteiger partial charge in [-0.25, -0.2) is 9.18 Å². The van der Waals surface area contributed by atoms with Crippen LogP contribution >= 0.6 is 0 Å². The second-order valence-corrected chi connectivity index (χ2v) is 7.06. The maximum atomic E-state index is 13.6. The van der Waals surface area contributed by atoms with E-state index in [1.807, 2.05) is 0 Å². The maximum absolute atomic E-state index is 13.6. The molecule has 0 unspecified atom stereocenters. The molecule has 6 nitrogen and oxygen atoms in total. The molecule has 1 aliphatic rings. The van der Waals surface area contributed by atoms with Crippen molar-refractivity contribution in [2.75, 3.05) is 33.4 Å². The van der Waals surface area contributed by atoms with Crippen LogP contribution in [-0.4, -0.2) is 45.3 Å². The first-order valence-electron chi connectivity index (χ1n) is 9.63. The van der Waals surface area contributed by atoms with E-state index in [2.05, 4.69) is 16.0 Å². The summed E-state index contributed by atoms with van der Waals surface area (Å²) in [5.74, 6) is 0.0143. The first-order chi connectivity index (χ1) is 13.1. The lowest BCUT2D eigenvalue weighted by Gasteiger charge is -2.28. The predicted octanol–water partition coefficient (Wildman–Crippen LogP) is 2.70. The molecule has 150 valence electrons. The first kappa shape index (κ1) is 21.2. The van der Waals surface area contributed by atoms with Crippen molar-refractivity contribution in [1.82, 2.24) is 16.0 Å². The minimum Gasteiger partial charge on any atom is -0.385 e. The molecule has 2 rings (SSSR count). The number of nitrogens with one attached hydrogen (secondary N) is 3. The summed E-state index contributed by atoms with van der Waals surface area (Å²) in [5, 5.41) is 8.57. The summed E-state index contributed by atoms with van der Waals surface area (Å²) >= 11 is 0. The number of carbonyl (C=O) groups is 2. The molecule has 1 fully saturated rings. The van der Waals surface area contributed by atoms with Crippen molar-refractivity contribution in [1.29, 1.82) is 0 Å². The van der Waals surface area contributed by atoms with Gasteiger partial charge in [0.2, 0.25) is 0 Å². The Morgan fingerprint density at radius 2 is 1.67 bits per heavy atom. The summed E-state index contributed by atoms with van der Waals surface area (Å²) in [6.07, 6.45) is 4.83. The first-order valence-corrected chi connectivity index (χ1v) is 9.63. The molecule has 0 atom stereocenters. The van der Waals surface area contributed by atoms with Crippen LogP contribution in [0.2, 0.25) is 0 Å². The van der Waals surface area contributed by atoms with Gasteiger partial charge in [0.05, 0.1) is 5.56 Å². The van der Waals surface area contributed by atoms with Gasteiger partial charge in [-0.2, -0.15) is 0 Å². The molecular formula is C20H30FN3O3. The van der Waals surface area contributed by atoms with Crippen molar-refractivity contribution in [2.45, 2.75) is 32.1 Å². The van der Waals surface area contributed by atoms with Crippen molar-refractivity contribution in [2.24, 2.45) is 11.8 Å². The van der Waals surface area contributed by atoms with E-state index in [9.17, 15) is 14.0 Å². The van der Waals surface area contributed by atoms with Crippen molar-refractivity contribution in [3.05, 3.63) is 35.6 Å². The standard InChI is InChI=1S/C20H30FN3O3/c1-27-12-4-11-22-20(26)24-14-16-9-7-15(8-10-16)13-23-19(25)17-5-2-3-6-18(17)21/h2-3,5-6,15-16H,4,7-14H2,1H3,(H,23,25)(H2,22,24,26). The van der Waals surface area contributed by atoms with Crippen LogP contribution in [0.25, 0.3) is 0 Å². The molecule has 3 N–H and O–H groups in total. The molecule has 0 aliphatic heterocycles. The second kappa shape index (κ2) is 11.5. The summed E-state index contributed by atoms with van der Waals surface area (Å²) < 4.78 is 18.6. The normalized spacial score (nSPS) is 19.3. The van der Waals surface area contributed by atoms with Gasteiger partial charge >= 0.3 is 6.03 Å². The Hall–Kier alpha value is -2.15. The number of benzene rings is 1. The van der Waals surface area contributed by atoms with Gasteiger partial charge in [0, 0.05) is 33.4 Å². The van der Waals surface area contributed by atoms with E-state index in [1.165, 1.54) is 12.1 Å². The summed E-state index contributed by atoms with van der Waals surface area (Å²) in [5.41, 5.74) is 0.0897. The van der Waals surface area contributed by atoms with Gasteiger partial charge in [-0.15, -0.1) is 0 Å². The number of hydrogen-bond donors (Lipinski definition) is 3. The zero-order valence-corrected chi connectivity index (χ0v) is 15.9. The molecule has 1 aliphatic carbocycles. The topological polar surface area (TPSA) is 79.5 Å². The van der Waals surface area contributed by atoms with Crippen molar-refractivity contribution in [3.63, 3.8) is 0 Å². The number of ether oxygens (including phenoxy) is 1. The van der Waals surface area contributed by atoms with Crippen LogP contribution in [0.15, 0.2) is 24.3 Å². The van der Waals surface area contributed by atoms with Crippen molar-refractivity contribution in [3.8, 4) is 0 Å². The minimum atomic E-state index is -0.495. The highest BCUT2D eigenvalue weighted by Gasteiger charge is 2.22. The molecule has 0 aromatic heterocycles. The molecule has 0 spiro atoms. The van der Waals surface area contributed by atoms with E-state index >= 15 is 0 Å². The van der Waals surface area contributed by atoms with E-state index in [0.717, 1.165) is 32.1 Å². The molecular weight excluding hydrogens is 349 g/mol. The summed E-state index contributed by atoms with van der Waals surface area (Å²) in [4.78, 5) is 23.8. The smallest absolute Gasteiger partial charge is 0.314 e. The van der Waals surface area contributed by atoms with Gasteiger partial charge < -0.3 is 20.7 Å². The Labute approximate surface area is 160 Å². The van der Waals surface area contributed by atoms with Gasteiger partial charge in [-0.1, -0.05) is 12.1 Å². The molecule has 1 aromatic rings. The van der Waals surface area contributed by atoms with E-state index < -0.39 is 5.82 Å². The molecule has 27 heavy (non-hydrogen) atoms. The Morgan fingerprint density at radius 3 is 2.30 bits per heavy atom. The summed E-state index contributed by atoms with van der Waals surface area (Å²) in [6.45, 7) is 2.48. The van der Waals surface area contributed by atoms with Crippen LogP contribution in [0, 0.1) is 17.7 Å². The SMILES string of the molecule is COCCCNC(=O)NCC1CCC(CNC(=O)c2ccccc2F)CC1. The van der Waals surface area contributed by atoms with Gasteiger partial charge in [-0.3, -0.25) is 4.79 Å². The fraction of sp³-hybridized carbons (Fsp3) is 0.600. The van der Waals surface area contributed by atoms with Gasteiger partial charge in [0.1, 0.15) is 5.82 Å². The predicted molar refractivity (Wildman–Crippen MR) is 102 cm³/mol. The largest absolute Gasteiger partial charge is 0.385 e. The highest BCUT2D eigenvalue weighted by molar-refractivity contribution is 5.94. The fourth-order valence-electron chi connectivity index (χ4n) is 3.34. The van der Waals surface area contributed by atoms with E-state index in [0.29, 0.717) is 38.1 Å². The number of urea groups is 1. The quantitative estimate of drug-likeness (QED) is 0.577. The lowest BCUT2D eigenvalue weighted by molar-refractivity contribution is 0.0937. The molecule has 3 amide bonds. The third-order valence-corrected chi connectivity index (χ3v) is 5.00. The Bertz CT molecular complexity index is 604. The fourth-order valence-corrected chi connectivity index (χ4v) is 3.34. The van der Waals surface area contributed by atoms with Crippen molar-refractivity contribution < 1.29 is 18.7 Å². The molecule has 7 heteroatoms. The summed E-state index contributed by atoms with van der Waals surface area (Å²) in [6, 6.07) is 5.88. The van der Waals surface area contributed by atoms with Crippen LogP contribution in [-0.2, 0) is 4.74 Å². The van der Waals surface area contributed by atoms with Crippen LogP contribution < -0.4 is 16.0 Å². The Balaban J connectivity index is 1.59. The molecule has 0 bridgehead atoms. The number of halogens is 1. The van der Waals surface area contributed by atoms with Gasteiger partial charge in [0.15, 0.2) is 0 Å². The zero-order chi connectivity index (χ0) is 19.5. The number of methoxy groups -OCH3 is 1. The molecule has 0 saturated heterocycles. The maximum Gasteiger partial charge on any atom is 0.314 e. The molecule has 1 saturated carbocycles. The molecule has 0 heterocycles. The lowest BCUT2D eigenvalue weighted by atomic mass is 9.82. The number of rotatable bonds is 9. The van der Waals surface area contributed by atoms with Crippen LogP contribution in [0.1, 0.15) is 42.5 Å². The number of carbonyl (C=O) groups excluding carboxylic acids is 2. The lowest BCUT2D eigenvalue weighted by Crippen LogP contribution is -2.40. The highest BCUT2D eigenvalue weighted by atomic mass is 19.1. The second-order valence-electron chi connectivity index (χ2n) is 7.06. The highest BCUT2D eigenvalue weighted by Crippen LogP contribution is 2.28. The number of hydrogen-bond acceptors (Lipinski definition) is 3. The van der Waals surface area contributed by atoms with Crippen LogP contribution in [0.3, 0.4) is 0 Å². The van der Waals surface area contributed by atoms with E-state index in [4.69, 9.17) is 4.74 Å². The Morgan fingerprint density at radius 1 is 1.04 bits per heavy atom. The van der Waals surface area contributed by atoms with Crippen LogP contribution in [0.4, 0.5) is 9.18 Å². The van der Waals surface area contributed by atoms with Gasteiger partial charge in [-0.05, 0) is 56.1 Å². The third-order valence-electron chi connectivity index (χ3n) is 5.00. The average Bonchev–Trinajstić information content (AvgIpc) is 2.69. The van der Waals surface area contributed by atoms with Gasteiger partial charge in [0.25, 0.3) is 5.91 Å². The van der Waals surface area contributed by atoms with Crippen LogP contribution in [0.5, 0.6) is 0 Å². The monoisotopic (exact) mass is 379 g/mol. The van der Waals surface area contributed by atoms with E-state index in [-0.39, 0.29) is 17.5 Å². The summed E-state index contributed by atoms with van der Waals surface area (Å²) in [7, 11) is 1.64. The van der Waals surface area contributed by atoms with E-state index in [1.54, 1.807) is 19.2 Å². The van der Waals surface area contributed by atoms with Crippen molar-refractivity contribution >= 4 is 11.9 Å². The minimum absolute atomic E-state index is 0.0897. The zero-order valence-electron chi connectivity index (χ0n) is 15.9.